The summed E-state index contributed by atoms with van der Waals surface area (Å²) in [6, 6.07) is 8.64. The molecule has 1 aliphatic carbocycles. The molecule has 4 heteroatoms. The Morgan fingerprint density at radius 1 is 1.48 bits per heavy atom. The number of nitrogens with zero attached hydrogens (tertiary/aromatic N) is 1. The van der Waals surface area contributed by atoms with Crippen molar-refractivity contribution in [2.24, 2.45) is 0 Å². The molecule has 1 aliphatic rings. The maximum atomic E-state index is 12.0. The molecule has 1 amide bonds. The summed E-state index contributed by atoms with van der Waals surface area (Å²) < 4.78 is 0. The van der Waals surface area contributed by atoms with E-state index in [1.807, 2.05) is 6.07 Å². The van der Waals surface area contributed by atoms with E-state index in [1.165, 1.54) is 11.1 Å². The van der Waals surface area contributed by atoms with E-state index in [4.69, 9.17) is 0 Å². The second kappa shape index (κ2) is 7.96. The van der Waals surface area contributed by atoms with Crippen LogP contribution in [0.3, 0.4) is 0 Å². The Labute approximate surface area is 126 Å². The normalized spacial score (nSPS) is 17.3. The van der Waals surface area contributed by atoms with Crippen LogP contribution >= 0.6 is 0 Å². The smallest absolute Gasteiger partial charge is 0.234 e. The van der Waals surface area contributed by atoms with Gasteiger partial charge in [0.2, 0.25) is 5.91 Å². The molecule has 0 aromatic heterocycles. The average molecular weight is 288 g/mol. The Kier molecular flexibility index (Phi) is 5.96. The molecule has 0 fully saturated rings. The fourth-order valence-electron chi connectivity index (χ4n) is 3.01. The Bertz CT molecular complexity index is 487. The molecule has 0 saturated carbocycles. The number of benzene rings is 1. The summed E-state index contributed by atoms with van der Waals surface area (Å²) in [6.07, 6.45) is 4.93. The third kappa shape index (κ3) is 4.16. The SMILES string of the molecule is C=CCNC(=O)CN(CCO)C1CCCc2ccccc21. The Morgan fingerprint density at radius 3 is 3.05 bits per heavy atom. The first-order valence-corrected chi connectivity index (χ1v) is 7.56. The van der Waals surface area contributed by atoms with E-state index in [1.54, 1.807) is 6.08 Å². The minimum atomic E-state index is -0.0218. The van der Waals surface area contributed by atoms with E-state index in [2.05, 4.69) is 35.0 Å². The van der Waals surface area contributed by atoms with Gasteiger partial charge in [0.25, 0.3) is 0 Å². The van der Waals surface area contributed by atoms with Gasteiger partial charge in [-0.1, -0.05) is 30.3 Å². The van der Waals surface area contributed by atoms with Gasteiger partial charge in [-0.05, 0) is 30.4 Å². The molecule has 114 valence electrons. The summed E-state index contributed by atoms with van der Waals surface area (Å²) in [5.74, 6) is -0.0218. The summed E-state index contributed by atoms with van der Waals surface area (Å²) in [5, 5.41) is 12.1. The Balaban J connectivity index is 2.11. The largest absolute Gasteiger partial charge is 0.395 e. The molecule has 0 bridgehead atoms. The van der Waals surface area contributed by atoms with E-state index in [9.17, 15) is 9.90 Å². The number of amides is 1. The quantitative estimate of drug-likeness (QED) is 0.750. The number of nitrogens with one attached hydrogen (secondary N) is 1. The summed E-state index contributed by atoms with van der Waals surface area (Å²) >= 11 is 0. The molecule has 1 atom stereocenters. The van der Waals surface area contributed by atoms with Crippen LogP contribution in [0.25, 0.3) is 0 Å². The van der Waals surface area contributed by atoms with Gasteiger partial charge < -0.3 is 10.4 Å². The third-order valence-electron chi connectivity index (χ3n) is 3.96. The summed E-state index contributed by atoms with van der Waals surface area (Å²) in [4.78, 5) is 14.0. The second-order valence-electron chi connectivity index (χ2n) is 5.39. The van der Waals surface area contributed by atoms with Crippen LogP contribution in [0, 0.1) is 0 Å². The first-order chi connectivity index (χ1) is 10.3. The fraction of sp³-hybridized carbons (Fsp3) is 0.471. The number of aliphatic hydroxyl groups is 1. The number of carbonyl (C=O) groups excluding carboxylic acids is 1. The van der Waals surface area contributed by atoms with Crippen molar-refractivity contribution < 1.29 is 9.90 Å². The van der Waals surface area contributed by atoms with Crippen LogP contribution < -0.4 is 5.32 Å². The molecule has 21 heavy (non-hydrogen) atoms. The van der Waals surface area contributed by atoms with Crippen LogP contribution in [0.5, 0.6) is 0 Å². The zero-order valence-electron chi connectivity index (χ0n) is 12.4. The zero-order valence-corrected chi connectivity index (χ0v) is 12.4. The predicted molar refractivity (Wildman–Crippen MR) is 84.0 cm³/mol. The molecule has 1 aromatic carbocycles. The van der Waals surface area contributed by atoms with Crippen LogP contribution in [0.15, 0.2) is 36.9 Å². The lowest BCUT2D eigenvalue weighted by Gasteiger charge is -2.35. The van der Waals surface area contributed by atoms with Crippen molar-refractivity contribution in [1.82, 2.24) is 10.2 Å². The second-order valence-corrected chi connectivity index (χ2v) is 5.39. The van der Waals surface area contributed by atoms with Crippen molar-refractivity contribution in [2.45, 2.75) is 25.3 Å². The number of hydrogen-bond acceptors (Lipinski definition) is 3. The van der Waals surface area contributed by atoms with E-state index >= 15 is 0 Å². The molecule has 0 spiro atoms. The molecular formula is C17H24N2O2. The average Bonchev–Trinajstić information content (AvgIpc) is 2.52. The molecule has 0 aliphatic heterocycles. The third-order valence-corrected chi connectivity index (χ3v) is 3.96. The monoisotopic (exact) mass is 288 g/mol. The van der Waals surface area contributed by atoms with Gasteiger partial charge in [-0.15, -0.1) is 6.58 Å². The Morgan fingerprint density at radius 2 is 2.29 bits per heavy atom. The molecule has 0 saturated heterocycles. The highest BCUT2D eigenvalue weighted by Gasteiger charge is 2.26. The first kappa shape index (κ1) is 15.7. The van der Waals surface area contributed by atoms with Crippen LogP contribution in [-0.2, 0) is 11.2 Å². The minimum absolute atomic E-state index is 0.0218. The maximum absolute atomic E-state index is 12.0. The van der Waals surface area contributed by atoms with Crippen LogP contribution in [-0.4, -0.2) is 42.2 Å². The number of carbonyl (C=O) groups is 1. The topological polar surface area (TPSA) is 52.6 Å². The number of hydrogen-bond donors (Lipinski definition) is 2. The molecule has 4 nitrogen and oxygen atoms in total. The summed E-state index contributed by atoms with van der Waals surface area (Å²) in [7, 11) is 0. The van der Waals surface area contributed by atoms with Crippen LogP contribution in [0.1, 0.15) is 30.0 Å². The first-order valence-electron chi connectivity index (χ1n) is 7.56. The highest BCUT2D eigenvalue weighted by atomic mass is 16.3. The van der Waals surface area contributed by atoms with Gasteiger partial charge >= 0.3 is 0 Å². The minimum Gasteiger partial charge on any atom is -0.395 e. The van der Waals surface area contributed by atoms with Crippen LogP contribution in [0.4, 0.5) is 0 Å². The molecule has 1 unspecified atom stereocenters. The maximum Gasteiger partial charge on any atom is 0.234 e. The van der Waals surface area contributed by atoms with Crippen molar-refractivity contribution in [3.8, 4) is 0 Å². The van der Waals surface area contributed by atoms with Gasteiger partial charge in [0, 0.05) is 19.1 Å². The lowest BCUT2D eigenvalue weighted by molar-refractivity contribution is -0.122. The summed E-state index contributed by atoms with van der Waals surface area (Å²) in [5.41, 5.74) is 2.66. The van der Waals surface area contributed by atoms with E-state index < -0.39 is 0 Å². The number of rotatable bonds is 7. The van der Waals surface area contributed by atoms with Gasteiger partial charge in [0.15, 0.2) is 0 Å². The van der Waals surface area contributed by atoms with Crippen molar-refractivity contribution >= 4 is 5.91 Å². The van der Waals surface area contributed by atoms with Gasteiger partial charge in [-0.3, -0.25) is 9.69 Å². The van der Waals surface area contributed by atoms with Gasteiger partial charge in [0.1, 0.15) is 0 Å². The molecule has 2 rings (SSSR count). The highest BCUT2D eigenvalue weighted by Crippen LogP contribution is 2.33. The van der Waals surface area contributed by atoms with Crippen molar-refractivity contribution in [2.75, 3.05) is 26.2 Å². The van der Waals surface area contributed by atoms with Crippen molar-refractivity contribution in [3.05, 3.63) is 48.0 Å². The van der Waals surface area contributed by atoms with Gasteiger partial charge in [-0.25, -0.2) is 0 Å². The molecule has 0 radical (unpaired) electrons. The lowest BCUT2D eigenvalue weighted by atomic mass is 9.87. The van der Waals surface area contributed by atoms with Crippen molar-refractivity contribution in [1.29, 1.82) is 0 Å². The number of fused-ring (bicyclic) bond motifs is 1. The van der Waals surface area contributed by atoms with E-state index in [0.29, 0.717) is 19.6 Å². The molecule has 2 N–H and O–H groups in total. The van der Waals surface area contributed by atoms with Gasteiger partial charge in [0.05, 0.1) is 13.2 Å². The number of aryl methyl sites for hydroxylation is 1. The molecular weight excluding hydrogens is 264 g/mol. The van der Waals surface area contributed by atoms with Crippen molar-refractivity contribution in [3.63, 3.8) is 0 Å². The number of aliphatic hydroxyl groups excluding tert-OH is 1. The lowest BCUT2D eigenvalue weighted by Crippen LogP contribution is -2.41. The van der Waals surface area contributed by atoms with Gasteiger partial charge in [-0.2, -0.15) is 0 Å². The predicted octanol–water partition coefficient (Wildman–Crippen LogP) is 1.66. The Hall–Kier alpha value is -1.65. The fourth-order valence-corrected chi connectivity index (χ4v) is 3.01. The highest BCUT2D eigenvalue weighted by molar-refractivity contribution is 5.78. The summed E-state index contributed by atoms with van der Waals surface area (Å²) in [6.45, 7) is 4.97. The zero-order chi connectivity index (χ0) is 15.1. The van der Waals surface area contributed by atoms with E-state index in [0.717, 1.165) is 19.3 Å². The standard InChI is InChI=1S/C17H24N2O2/c1-2-10-18-17(21)13-19(11-12-20)16-9-5-7-14-6-3-4-8-15(14)16/h2-4,6,8,16,20H,1,5,7,9-13H2,(H,18,21). The molecule has 0 heterocycles. The molecule has 1 aromatic rings. The van der Waals surface area contributed by atoms with Crippen LogP contribution in [0.2, 0.25) is 0 Å². The van der Waals surface area contributed by atoms with E-state index in [-0.39, 0.29) is 18.6 Å².